The number of rotatable bonds is 8. The Hall–Kier alpha value is -3.54. The van der Waals surface area contributed by atoms with E-state index in [2.05, 4.69) is 0 Å². The first-order valence-electron chi connectivity index (χ1n) is 8.89. The first-order valence-corrected chi connectivity index (χ1v) is 8.89. The Labute approximate surface area is 161 Å². The van der Waals surface area contributed by atoms with Crippen molar-refractivity contribution in [2.45, 2.75) is 20.0 Å². The molecule has 0 saturated carbocycles. The Morgan fingerprint density at radius 3 is 1.79 bits per heavy atom. The van der Waals surface area contributed by atoms with Crippen LogP contribution >= 0.6 is 0 Å². The summed E-state index contributed by atoms with van der Waals surface area (Å²) in [5, 5.41) is 20.6. The van der Waals surface area contributed by atoms with Crippen LogP contribution in [-0.2, 0) is 6.61 Å². The van der Waals surface area contributed by atoms with E-state index < -0.39 is 23.1 Å². The highest BCUT2D eigenvalue weighted by atomic mass is 16.5. The molecule has 144 valence electrons. The molecule has 0 spiro atoms. The fourth-order valence-electron chi connectivity index (χ4n) is 3.02. The van der Waals surface area contributed by atoms with Gasteiger partial charge < -0.3 is 19.7 Å². The smallest absolute Gasteiger partial charge is 0.340 e. The van der Waals surface area contributed by atoms with Crippen molar-refractivity contribution in [2.75, 3.05) is 6.61 Å². The zero-order chi connectivity index (χ0) is 20.1. The average Bonchev–Trinajstić information content (AvgIpc) is 2.70. The summed E-state index contributed by atoms with van der Waals surface area (Å²) in [7, 11) is 0. The Morgan fingerprint density at radius 2 is 1.29 bits per heavy atom. The van der Waals surface area contributed by atoms with Crippen molar-refractivity contribution in [3.8, 4) is 11.5 Å². The summed E-state index contributed by atoms with van der Waals surface area (Å²) in [5.74, 6) is -2.69. The van der Waals surface area contributed by atoms with Crippen LogP contribution in [0.1, 0.15) is 39.6 Å². The molecule has 0 bridgehead atoms. The van der Waals surface area contributed by atoms with Crippen molar-refractivity contribution in [3.05, 3.63) is 71.3 Å². The molecule has 3 aromatic carbocycles. The monoisotopic (exact) mass is 380 g/mol. The number of carboxylic acids is 2. The van der Waals surface area contributed by atoms with E-state index in [0.717, 1.165) is 5.56 Å². The van der Waals surface area contributed by atoms with Crippen LogP contribution in [0, 0.1) is 0 Å². The number of carbonyl (C=O) groups is 2. The Kier molecular flexibility index (Phi) is 5.79. The van der Waals surface area contributed by atoms with Gasteiger partial charge in [0, 0.05) is 10.8 Å². The highest BCUT2D eigenvalue weighted by Crippen LogP contribution is 2.41. The lowest BCUT2D eigenvalue weighted by Gasteiger charge is -2.19. The summed E-state index contributed by atoms with van der Waals surface area (Å²) >= 11 is 0. The highest BCUT2D eigenvalue weighted by molar-refractivity contribution is 6.13. The number of hydrogen-bond acceptors (Lipinski definition) is 4. The van der Waals surface area contributed by atoms with E-state index in [4.69, 9.17) is 9.47 Å². The van der Waals surface area contributed by atoms with Gasteiger partial charge in [0.15, 0.2) is 0 Å². The Bertz CT molecular complexity index is 1010. The summed E-state index contributed by atoms with van der Waals surface area (Å²) in [6, 6.07) is 16.1. The Morgan fingerprint density at radius 1 is 0.786 bits per heavy atom. The number of fused-ring (bicyclic) bond motifs is 1. The normalized spacial score (nSPS) is 10.6. The molecule has 0 aliphatic heterocycles. The lowest BCUT2D eigenvalue weighted by Crippen LogP contribution is -2.14. The summed E-state index contributed by atoms with van der Waals surface area (Å²) in [6.45, 7) is 2.27. The maximum Gasteiger partial charge on any atom is 0.340 e. The minimum absolute atomic E-state index is 0.0215. The van der Waals surface area contributed by atoms with E-state index in [9.17, 15) is 19.8 Å². The molecule has 0 unspecified atom stereocenters. The van der Waals surface area contributed by atoms with E-state index >= 15 is 0 Å². The van der Waals surface area contributed by atoms with Crippen molar-refractivity contribution >= 4 is 22.7 Å². The summed E-state index contributed by atoms with van der Waals surface area (Å²) in [4.78, 5) is 24.0. The Balaban J connectivity index is 2.24. The van der Waals surface area contributed by atoms with Gasteiger partial charge in [0.1, 0.15) is 29.2 Å². The standard InChI is InChI=1S/C22H20O6/c1-2-12-27-19-15-10-6-7-11-16(15)20(18(22(25)26)17(19)21(23)24)28-13-14-8-4-3-5-9-14/h3-11H,2,12-13H2,1H3,(H,23,24)(H,25,26). The topological polar surface area (TPSA) is 93.1 Å². The van der Waals surface area contributed by atoms with Gasteiger partial charge in [-0.3, -0.25) is 0 Å². The fraction of sp³-hybridized carbons (Fsp3) is 0.182. The first kappa shape index (κ1) is 19.2. The molecule has 0 atom stereocenters. The quantitative estimate of drug-likeness (QED) is 0.593. The van der Waals surface area contributed by atoms with Gasteiger partial charge in [-0.1, -0.05) is 61.5 Å². The summed E-state index contributed by atoms with van der Waals surface area (Å²) in [5.41, 5.74) is 0.0297. The van der Waals surface area contributed by atoms with Crippen LogP contribution in [-0.4, -0.2) is 28.8 Å². The third kappa shape index (κ3) is 3.76. The third-order valence-corrected chi connectivity index (χ3v) is 4.22. The molecule has 6 heteroatoms. The number of benzene rings is 3. The molecule has 0 amide bonds. The molecule has 0 aliphatic carbocycles. The number of aromatic carboxylic acids is 2. The van der Waals surface area contributed by atoms with Crippen LogP contribution < -0.4 is 9.47 Å². The second-order valence-electron chi connectivity index (χ2n) is 6.19. The van der Waals surface area contributed by atoms with E-state index in [0.29, 0.717) is 17.2 Å². The van der Waals surface area contributed by atoms with Crippen LogP contribution in [0.2, 0.25) is 0 Å². The van der Waals surface area contributed by atoms with Crippen LogP contribution in [0.4, 0.5) is 0 Å². The van der Waals surface area contributed by atoms with Gasteiger partial charge >= 0.3 is 11.9 Å². The van der Waals surface area contributed by atoms with Gasteiger partial charge in [0.05, 0.1) is 6.61 Å². The number of hydrogen-bond donors (Lipinski definition) is 2. The van der Waals surface area contributed by atoms with Gasteiger partial charge in [0.25, 0.3) is 0 Å². The molecule has 3 rings (SSSR count). The third-order valence-electron chi connectivity index (χ3n) is 4.22. The van der Waals surface area contributed by atoms with Crippen LogP contribution in [0.5, 0.6) is 11.5 Å². The van der Waals surface area contributed by atoms with Crippen molar-refractivity contribution in [1.29, 1.82) is 0 Å². The second kappa shape index (κ2) is 8.43. The maximum atomic E-state index is 12.0. The molecular weight excluding hydrogens is 360 g/mol. The molecule has 0 saturated heterocycles. The number of ether oxygens (including phenoxy) is 2. The van der Waals surface area contributed by atoms with Crippen molar-refractivity contribution in [1.82, 2.24) is 0 Å². The lowest BCUT2D eigenvalue weighted by atomic mass is 9.97. The van der Waals surface area contributed by atoms with Crippen LogP contribution in [0.3, 0.4) is 0 Å². The summed E-state index contributed by atoms with van der Waals surface area (Å²) in [6.07, 6.45) is 0.655. The first-order chi connectivity index (χ1) is 13.5. The SMILES string of the molecule is CCCOc1c(C(=O)O)c(C(=O)O)c(OCc2ccccc2)c2ccccc12. The molecule has 0 aliphatic rings. The predicted octanol–water partition coefficient (Wildman–Crippen LogP) is 4.60. The van der Waals surface area contributed by atoms with E-state index in [1.165, 1.54) is 0 Å². The molecule has 2 N–H and O–H groups in total. The van der Waals surface area contributed by atoms with Gasteiger partial charge in [-0.05, 0) is 12.0 Å². The molecule has 0 heterocycles. The zero-order valence-corrected chi connectivity index (χ0v) is 15.3. The van der Waals surface area contributed by atoms with E-state index in [-0.39, 0.29) is 24.7 Å². The van der Waals surface area contributed by atoms with E-state index in [1.807, 2.05) is 37.3 Å². The molecular formula is C22H20O6. The molecule has 3 aromatic rings. The van der Waals surface area contributed by atoms with Gasteiger partial charge in [-0.25, -0.2) is 9.59 Å². The molecule has 6 nitrogen and oxygen atoms in total. The van der Waals surface area contributed by atoms with Crippen molar-refractivity contribution in [3.63, 3.8) is 0 Å². The van der Waals surface area contributed by atoms with Crippen LogP contribution in [0.15, 0.2) is 54.6 Å². The van der Waals surface area contributed by atoms with Crippen molar-refractivity contribution < 1.29 is 29.3 Å². The maximum absolute atomic E-state index is 12.0. The largest absolute Gasteiger partial charge is 0.492 e. The molecule has 0 fully saturated rings. The van der Waals surface area contributed by atoms with Gasteiger partial charge in [-0.2, -0.15) is 0 Å². The van der Waals surface area contributed by atoms with Crippen molar-refractivity contribution in [2.24, 2.45) is 0 Å². The average molecular weight is 380 g/mol. The highest BCUT2D eigenvalue weighted by Gasteiger charge is 2.30. The summed E-state index contributed by atoms with van der Waals surface area (Å²) < 4.78 is 11.5. The number of carboxylic acid groups (broad SMARTS) is 2. The van der Waals surface area contributed by atoms with Crippen LogP contribution in [0.25, 0.3) is 10.8 Å². The minimum Gasteiger partial charge on any atom is -0.492 e. The second-order valence-corrected chi connectivity index (χ2v) is 6.19. The van der Waals surface area contributed by atoms with Gasteiger partial charge in [-0.15, -0.1) is 0 Å². The van der Waals surface area contributed by atoms with E-state index in [1.54, 1.807) is 24.3 Å². The predicted molar refractivity (Wildman–Crippen MR) is 104 cm³/mol. The molecule has 0 aromatic heterocycles. The fourth-order valence-corrected chi connectivity index (χ4v) is 3.02. The van der Waals surface area contributed by atoms with Gasteiger partial charge in [0.2, 0.25) is 0 Å². The minimum atomic E-state index is -1.38. The molecule has 0 radical (unpaired) electrons. The lowest BCUT2D eigenvalue weighted by molar-refractivity contribution is 0.0643. The molecule has 28 heavy (non-hydrogen) atoms. The zero-order valence-electron chi connectivity index (χ0n) is 15.3.